The van der Waals surface area contributed by atoms with Gasteiger partial charge in [0.05, 0.1) is 6.61 Å². The van der Waals surface area contributed by atoms with Gasteiger partial charge in [-0.25, -0.2) is 4.39 Å². The summed E-state index contributed by atoms with van der Waals surface area (Å²) in [6.07, 6.45) is 0. The second-order valence-corrected chi connectivity index (χ2v) is 5.35. The minimum atomic E-state index is -0.306. The predicted octanol–water partition coefficient (Wildman–Crippen LogP) is 3.56. The van der Waals surface area contributed by atoms with Gasteiger partial charge in [-0.3, -0.25) is 0 Å². The summed E-state index contributed by atoms with van der Waals surface area (Å²) in [5, 5.41) is 9.26. The molecule has 134 valence electrons. The van der Waals surface area contributed by atoms with Crippen LogP contribution in [-0.4, -0.2) is 35.2 Å². The number of hydrogen-bond donors (Lipinski definition) is 3. The molecular weight excluding hydrogens is 335 g/mol. The number of aromatic nitrogens is 3. The number of methoxy groups -OCH3 is 1. The van der Waals surface area contributed by atoms with Crippen molar-refractivity contribution in [1.29, 1.82) is 0 Å². The standard InChI is InChI=1S/C18H19FN6O/c1-26-12-11-20-16-23-17(21-14-5-3-2-4-6-14)25-18(24-16)22-15-9-7-13(19)8-10-15/h2-10H,11-12H2,1H3,(H3,20,21,22,23,24,25). The Morgan fingerprint density at radius 1 is 0.808 bits per heavy atom. The molecule has 0 amide bonds. The molecule has 0 unspecified atom stereocenters. The molecule has 0 radical (unpaired) electrons. The molecule has 0 spiro atoms. The largest absolute Gasteiger partial charge is 0.383 e. The summed E-state index contributed by atoms with van der Waals surface area (Å²) in [5.74, 6) is 0.820. The number of hydrogen-bond acceptors (Lipinski definition) is 7. The topological polar surface area (TPSA) is 84.0 Å². The molecule has 1 aromatic heterocycles. The lowest BCUT2D eigenvalue weighted by Crippen LogP contribution is -2.13. The third kappa shape index (κ3) is 5.12. The van der Waals surface area contributed by atoms with Gasteiger partial charge < -0.3 is 20.7 Å². The Labute approximate surface area is 150 Å². The maximum Gasteiger partial charge on any atom is 0.233 e. The van der Waals surface area contributed by atoms with Crippen LogP contribution in [0, 0.1) is 5.82 Å². The summed E-state index contributed by atoms with van der Waals surface area (Å²) < 4.78 is 18.1. The molecule has 0 aliphatic carbocycles. The average molecular weight is 354 g/mol. The molecule has 3 aromatic rings. The van der Waals surface area contributed by atoms with Gasteiger partial charge in [-0.05, 0) is 36.4 Å². The fraction of sp³-hybridized carbons (Fsp3) is 0.167. The van der Waals surface area contributed by atoms with Crippen molar-refractivity contribution in [3.8, 4) is 0 Å². The van der Waals surface area contributed by atoms with Gasteiger partial charge >= 0.3 is 0 Å². The molecule has 0 aliphatic heterocycles. The zero-order chi connectivity index (χ0) is 18.2. The van der Waals surface area contributed by atoms with Crippen LogP contribution in [0.2, 0.25) is 0 Å². The second kappa shape index (κ2) is 8.72. The highest BCUT2D eigenvalue weighted by Crippen LogP contribution is 2.18. The quantitative estimate of drug-likeness (QED) is 0.533. The number of anilines is 5. The molecular formula is C18H19FN6O. The summed E-state index contributed by atoms with van der Waals surface area (Å²) in [7, 11) is 1.62. The van der Waals surface area contributed by atoms with E-state index in [0.29, 0.717) is 36.7 Å². The SMILES string of the molecule is COCCNc1nc(Nc2ccccc2)nc(Nc2ccc(F)cc2)n1. The normalized spacial score (nSPS) is 10.4. The summed E-state index contributed by atoms with van der Waals surface area (Å²) in [6.45, 7) is 1.08. The van der Waals surface area contributed by atoms with Crippen molar-refractivity contribution < 1.29 is 9.13 Å². The van der Waals surface area contributed by atoms with Gasteiger partial charge in [0.15, 0.2) is 0 Å². The van der Waals surface area contributed by atoms with E-state index >= 15 is 0 Å². The fourth-order valence-corrected chi connectivity index (χ4v) is 2.14. The van der Waals surface area contributed by atoms with E-state index in [9.17, 15) is 4.39 Å². The number of halogens is 1. The third-order valence-electron chi connectivity index (χ3n) is 3.36. The van der Waals surface area contributed by atoms with Gasteiger partial charge in [0.2, 0.25) is 17.8 Å². The van der Waals surface area contributed by atoms with E-state index in [4.69, 9.17) is 4.74 Å². The average Bonchev–Trinajstić information content (AvgIpc) is 2.65. The van der Waals surface area contributed by atoms with Crippen LogP contribution in [0.4, 0.5) is 33.6 Å². The first kappa shape index (κ1) is 17.6. The van der Waals surface area contributed by atoms with E-state index in [2.05, 4.69) is 30.9 Å². The Kier molecular flexibility index (Phi) is 5.89. The van der Waals surface area contributed by atoms with Gasteiger partial charge in [-0.1, -0.05) is 18.2 Å². The minimum absolute atomic E-state index is 0.306. The number of para-hydroxylation sites is 1. The number of ether oxygens (including phenoxy) is 1. The Balaban J connectivity index is 1.82. The van der Waals surface area contributed by atoms with Crippen molar-refractivity contribution in [3.05, 3.63) is 60.4 Å². The highest BCUT2D eigenvalue weighted by Gasteiger charge is 2.07. The first-order chi connectivity index (χ1) is 12.7. The number of rotatable bonds is 8. The zero-order valence-electron chi connectivity index (χ0n) is 14.2. The number of nitrogens with zero attached hydrogens (tertiary/aromatic N) is 3. The molecule has 3 N–H and O–H groups in total. The van der Waals surface area contributed by atoms with Crippen LogP contribution in [0.5, 0.6) is 0 Å². The second-order valence-electron chi connectivity index (χ2n) is 5.35. The highest BCUT2D eigenvalue weighted by atomic mass is 19.1. The van der Waals surface area contributed by atoms with Gasteiger partial charge in [0.25, 0.3) is 0 Å². The Bertz CT molecular complexity index is 829. The highest BCUT2D eigenvalue weighted by molar-refractivity contribution is 5.59. The molecule has 0 saturated heterocycles. The minimum Gasteiger partial charge on any atom is -0.383 e. The van der Waals surface area contributed by atoms with Crippen molar-refractivity contribution in [2.45, 2.75) is 0 Å². The van der Waals surface area contributed by atoms with Gasteiger partial charge in [-0.15, -0.1) is 0 Å². The van der Waals surface area contributed by atoms with Crippen LogP contribution in [0.3, 0.4) is 0 Å². The smallest absolute Gasteiger partial charge is 0.233 e. The predicted molar refractivity (Wildman–Crippen MR) is 99.6 cm³/mol. The monoisotopic (exact) mass is 354 g/mol. The first-order valence-corrected chi connectivity index (χ1v) is 8.06. The van der Waals surface area contributed by atoms with Crippen LogP contribution in [-0.2, 0) is 4.74 Å². The lowest BCUT2D eigenvalue weighted by atomic mass is 10.3. The van der Waals surface area contributed by atoms with E-state index in [-0.39, 0.29) is 5.82 Å². The molecule has 1 heterocycles. The summed E-state index contributed by atoms with van der Waals surface area (Å²) in [4.78, 5) is 13.1. The lowest BCUT2D eigenvalue weighted by molar-refractivity contribution is 0.210. The van der Waals surface area contributed by atoms with Crippen molar-refractivity contribution in [2.24, 2.45) is 0 Å². The molecule has 8 heteroatoms. The van der Waals surface area contributed by atoms with Gasteiger partial charge in [0.1, 0.15) is 5.82 Å². The van der Waals surface area contributed by atoms with Crippen LogP contribution in [0.25, 0.3) is 0 Å². The van der Waals surface area contributed by atoms with Crippen molar-refractivity contribution in [3.63, 3.8) is 0 Å². The van der Waals surface area contributed by atoms with E-state index < -0.39 is 0 Å². The molecule has 0 aliphatic rings. The first-order valence-electron chi connectivity index (χ1n) is 8.06. The molecule has 3 rings (SSSR count). The maximum absolute atomic E-state index is 13.1. The zero-order valence-corrected chi connectivity index (χ0v) is 14.2. The van der Waals surface area contributed by atoms with Crippen LogP contribution < -0.4 is 16.0 Å². The van der Waals surface area contributed by atoms with Crippen molar-refractivity contribution in [2.75, 3.05) is 36.2 Å². The van der Waals surface area contributed by atoms with E-state index in [1.807, 2.05) is 30.3 Å². The van der Waals surface area contributed by atoms with Crippen LogP contribution in [0.15, 0.2) is 54.6 Å². The molecule has 0 bridgehead atoms. The third-order valence-corrected chi connectivity index (χ3v) is 3.36. The van der Waals surface area contributed by atoms with Crippen molar-refractivity contribution in [1.82, 2.24) is 15.0 Å². The molecule has 2 aromatic carbocycles. The Morgan fingerprint density at radius 2 is 1.38 bits per heavy atom. The fourth-order valence-electron chi connectivity index (χ4n) is 2.14. The van der Waals surface area contributed by atoms with E-state index in [0.717, 1.165) is 5.69 Å². The Hall–Kier alpha value is -3.26. The van der Waals surface area contributed by atoms with Gasteiger partial charge in [0, 0.05) is 25.0 Å². The molecule has 0 fully saturated rings. The lowest BCUT2D eigenvalue weighted by Gasteiger charge is -2.11. The summed E-state index contributed by atoms with van der Waals surface area (Å²) in [6, 6.07) is 15.5. The summed E-state index contributed by atoms with van der Waals surface area (Å²) in [5.41, 5.74) is 1.53. The number of nitrogens with one attached hydrogen (secondary N) is 3. The van der Waals surface area contributed by atoms with Crippen LogP contribution >= 0.6 is 0 Å². The maximum atomic E-state index is 13.1. The van der Waals surface area contributed by atoms with E-state index in [1.54, 1.807) is 19.2 Å². The molecule has 0 saturated carbocycles. The van der Waals surface area contributed by atoms with Crippen molar-refractivity contribution >= 4 is 29.2 Å². The van der Waals surface area contributed by atoms with Gasteiger partial charge in [-0.2, -0.15) is 15.0 Å². The molecule has 7 nitrogen and oxygen atoms in total. The van der Waals surface area contributed by atoms with Crippen LogP contribution in [0.1, 0.15) is 0 Å². The number of benzene rings is 2. The Morgan fingerprint density at radius 3 is 2.00 bits per heavy atom. The van der Waals surface area contributed by atoms with E-state index in [1.165, 1.54) is 12.1 Å². The molecule has 0 atom stereocenters. The molecule has 26 heavy (non-hydrogen) atoms. The summed E-state index contributed by atoms with van der Waals surface area (Å²) >= 11 is 0.